The highest BCUT2D eigenvalue weighted by atomic mass is 32.1. The van der Waals surface area contributed by atoms with Crippen LogP contribution in [0.4, 0.5) is 0 Å². The van der Waals surface area contributed by atoms with Gasteiger partial charge >= 0.3 is 0 Å². The lowest BCUT2D eigenvalue weighted by atomic mass is 9.91. The van der Waals surface area contributed by atoms with Crippen molar-refractivity contribution in [2.45, 2.75) is 6.42 Å². The molecule has 12 aromatic rings. The second-order valence-corrected chi connectivity index (χ2v) is 16.4. The van der Waals surface area contributed by atoms with Crippen LogP contribution in [0.2, 0.25) is 0 Å². The maximum atomic E-state index is 5.71. The minimum atomic E-state index is 0.688. The summed E-state index contributed by atoms with van der Waals surface area (Å²) < 4.78 is 5.07. The Kier molecular flexibility index (Phi) is 6.38. The zero-order valence-corrected chi connectivity index (χ0v) is 31.5. The molecular weight excluding hydrogens is 711 g/mol. The molecule has 57 heavy (non-hydrogen) atoms. The number of aromatic nitrogens is 3. The third-order valence-electron chi connectivity index (χ3n) is 12.1. The second-order valence-electron chi connectivity index (χ2n) is 15.4. The molecule has 3 nitrogen and oxygen atoms in total. The molecule has 3 aromatic heterocycles. The first-order valence-corrected chi connectivity index (χ1v) is 20.3. The van der Waals surface area contributed by atoms with Crippen molar-refractivity contribution >= 4 is 85.6 Å². The van der Waals surface area contributed by atoms with Crippen molar-refractivity contribution in [1.29, 1.82) is 0 Å². The number of rotatable bonds is 2. The van der Waals surface area contributed by atoms with E-state index in [1.165, 1.54) is 79.9 Å². The van der Waals surface area contributed by atoms with E-state index in [4.69, 9.17) is 9.97 Å². The SMILES string of the molecule is c1ccc2cc(-c3nc4c(c(-c5cccc6ccccc56)n3)Cc3ccc5c6cc7ccccc7cc6n(c5c3)-c3cc5sc6ccccc6c5cc3-4)ccc2c1. The first-order valence-electron chi connectivity index (χ1n) is 19.5. The first-order chi connectivity index (χ1) is 28.2. The molecule has 0 aliphatic carbocycles. The highest BCUT2D eigenvalue weighted by molar-refractivity contribution is 7.25. The van der Waals surface area contributed by atoms with Crippen LogP contribution in [0.15, 0.2) is 176 Å². The predicted molar refractivity (Wildman–Crippen MR) is 241 cm³/mol. The average molecular weight is 742 g/mol. The van der Waals surface area contributed by atoms with E-state index < -0.39 is 0 Å². The minimum absolute atomic E-state index is 0.688. The summed E-state index contributed by atoms with van der Waals surface area (Å²) in [7, 11) is 0. The number of benzene rings is 9. The molecule has 0 N–H and O–H groups in total. The quantitative estimate of drug-likeness (QED) is 0.177. The number of hydrogen-bond acceptors (Lipinski definition) is 3. The van der Waals surface area contributed by atoms with Gasteiger partial charge < -0.3 is 4.57 Å². The number of nitrogens with zero attached hydrogens (tertiary/aromatic N) is 3. The topological polar surface area (TPSA) is 30.7 Å². The van der Waals surface area contributed by atoms with Crippen LogP contribution in [0.5, 0.6) is 0 Å². The van der Waals surface area contributed by atoms with Crippen molar-refractivity contribution in [2.24, 2.45) is 0 Å². The molecule has 13 rings (SSSR count). The van der Waals surface area contributed by atoms with Crippen LogP contribution < -0.4 is 0 Å². The number of hydrogen-bond donors (Lipinski definition) is 0. The van der Waals surface area contributed by atoms with Crippen molar-refractivity contribution in [3.8, 4) is 39.6 Å². The summed E-state index contributed by atoms with van der Waals surface area (Å²) in [6.45, 7) is 0. The van der Waals surface area contributed by atoms with Crippen molar-refractivity contribution in [3.63, 3.8) is 0 Å². The first kappa shape index (κ1) is 31.1. The fourth-order valence-electron chi connectivity index (χ4n) is 9.44. The van der Waals surface area contributed by atoms with E-state index in [9.17, 15) is 0 Å². The van der Waals surface area contributed by atoms with E-state index in [1.54, 1.807) is 0 Å². The molecule has 1 aliphatic heterocycles. The normalized spacial score (nSPS) is 12.5. The fourth-order valence-corrected chi connectivity index (χ4v) is 10.6. The van der Waals surface area contributed by atoms with Crippen LogP contribution in [-0.2, 0) is 6.42 Å². The van der Waals surface area contributed by atoms with E-state index in [-0.39, 0.29) is 0 Å². The predicted octanol–water partition coefficient (Wildman–Crippen LogP) is 14.3. The molecule has 4 heterocycles. The molecule has 1 aliphatic rings. The average Bonchev–Trinajstić information content (AvgIpc) is 3.79. The molecule has 0 atom stereocenters. The van der Waals surface area contributed by atoms with Crippen molar-refractivity contribution < 1.29 is 0 Å². The summed E-state index contributed by atoms with van der Waals surface area (Å²) in [5, 5.41) is 12.3. The van der Waals surface area contributed by atoms with Gasteiger partial charge in [-0.1, -0.05) is 133 Å². The summed E-state index contributed by atoms with van der Waals surface area (Å²) in [6.07, 6.45) is 0.688. The molecule has 0 unspecified atom stereocenters. The van der Waals surface area contributed by atoms with E-state index in [1.807, 2.05) is 11.3 Å². The Morgan fingerprint density at radius 3 is 1.96 bits per heavy atom. The molecule has 4 heteroatoms. The van der Waals surface area contributed by atoms with E-state index >= 15 is 0 Å². The molecule has 9 aromatic carbocycles. The molecule has 0 saturated carbocycles. The third kappa shape index (κ3) is 4.59. The van der Waals surface area contributed by atoms with Gasteiger partial charge in [-0.15, -0.1) is 11.3 Å². The maximum Gasteiger partial charge on any atom is 0.160 e. The van der Waals surface area contributed by atoms with Crippen molar-refractivity contribution in [3.05, 3.63) is 187 Å². The Balaban J connectivity index is 1.22. The minimum Gasteiger partial charge on any atom is -0.308 e. The monoisotopic (exact) mass is 741 g/mol. The summed E-state index contributed by atoms with van der Waals surface area (Å²) in [4.78, 5) is 11.3. The van der Waals surface area contributed by atoms with Gasteiger partial charge in [0.05, 0.1) is 28.1 Å². The Bertz CT molecular complexity index is 3680. The molecule has 0 amide bonds. The van der Waals surface area contributed by atoms with E-state index in [2.05, 4.69) is 180 Å². The number of thiophene rings is 1. The maximum absolute atomic E-state index is 5.71. The van der Waals surface area contributed by atoms with Gasteiger partial charge in [0.15, 0.2) is 5.82 Å². The number of fused-ring (bicyclic) bond motifs is 14. The van der Waals surface area contributed by atoms with Gasteiger partial charge in [0.2, 0.25) is 0 Å². The van der Waals surface area contributed by atoms with Crippen LogP contribution in [0, 0.1) is 0 Å². The summed E-state index contributed by atoms with van der Waals surface area (Å²) >= 11 is 1.86. The third-order valence-corrected chi connectivity index (χ3v) is 13.3. The molecular formula is C53H31N3S. The van der Waals surface area contributed by atoms with Gasteiger partial charge in [-0.3, -0.25) is 0 Å². The lowest BCUT2D eigenvalue weighted by Crippen LogP contribution is -2.06. The summed E-state index contributed by atoms with van der Waals surface area (Å²) in [6, 6.07) is 64.6. The van der Waals surface area contributed by atoms with E-state index in [0.717, 1.165) is 45.2 Å². The highest BCUT2D eigenvalue weighted by Gasteiger charge is 2.27. The second kappa shape index (κ2) is 11.7. The molecule has 0 spiro atoms. The smallest absolute Gasteiger partial charge is 0.160 e. The molecule has 0 radical (unpaired) electrons. The summed E-state index contributed by atoms with van der Waals surface area (Å²) in [5.41, 5.74) is 11.1. The van der Waals surface area contributed by atoms with Crippen LogP contribution in [0.3, 0.4) is 0 Å². The van der Waals surface area contributed by atoms with Crippen molar-refractivity contribution in [2.75, 3.05) is 0 Å². The standard InChI is InChI=1S/C53H31N3S/c1-2-12-34-26-37(22-21-32(34)10-1)53-54-51(41-18-9-15-33-11-5-6-16-38(33)41)45-24-31-20-23-39-42-27-35-13-3-4-14-36(35)28-47(42)56(46(39)25-31)48-30-50-43(29-44(48)52(45)55-53)40-17-7-8-19-49(40)57-50/h1-23,25-30H,24H2. The Labute approximate surface area is 331 Å². The zero-order valence-electron chi connectivity index (χ0n) is 30.7. The lowest BCUT2D eigenvalue weighted by Gasteiger charge is -2.20. The lowest BCUT2D eigenvalue weighted by molar-refractivity contribution is 1.09. The highest BCUT2D eigenvalue weighted by Crippen LogP contribution is 2.47. The molecule has 0 saturated heterocycles. The van der Waals surface area contributed by atoms with Gasteiger partial charge in [0.1, 0.15) is 0 Å². The Morgan fingerprint density at radius 1 is 0.421 bits per heavy atom. The zero-order chi connectivity index (χ0) is 37.2. The van der Waals surface area contributed by atoms with Crippen LogP contribution >= 0.6 is 11.3 Å². The van der Waals surface area contributed by atoms with E-state index in [0.29, 0.717) is 6.42 Å². The van der Waals surface area contributed by atoms with Crippen LogP contribution in [0.25, 0.3) is 114 Å². The van der Waals surface area contributed by atoms with Gasteiger partial charge in [-0.05, 0) is 80.3 Å². The molecule has 264 valence electrons. The van der Waals surface area contributed by atoms with Crippen LogP contribution in [0.1, 0.15) is 11.1 Å². The van der Waals surface area contributed by atoms with Crippen LogP contribution in [-0.4, -0.2) is 14.5 Å². The fraction of sp³-hybridized carbons (Fsp3) is 0.0189. The molecule has 2 bridgehead atoms. The molecule has 0 fully saturated rings. The van der Waals surface area contributed by atoms with Gasteiger partial charge in [0.25, 0.3) is 0 Å². The van der Waals surface area contributed by atoms with Crippen molar-refractivity contribution in [1.82, 2.24) is 14.5 Å². The van der Waals surface area contributed by atoms with Gasteiger partial charge in [0, 0.05) is 59.6 Å². The van der Waals surface area contributed by atoms with Gasteiger partial charge in [-0.25, -0.2) is 9.97 Å². The van der Waals surface area contributed by atoms with Gasteiger partial charge in [-0.2, -0.15) is 0 Å². The largest absolute Gasteiger partial charge is 0.308 e. The Hall–Kier alpha value is -7.14. The summed E-state index contributed by atoms with van der Waals surface area (Å²) in [5.74, 6) is 0.725. The Morgan fingerprint density at radius 2 is 1.11 bits per heavy atom.